The van der Waals surface area contributed by atoms with Crippen LogP contribution in [0.5, 0.6) is 0 Å². The number of hydrogen-bond acceptors (Lipinski definition) is 5. The van der Waals surface area contributed by atoms with Gasteiger partial charge in [0.15, 0.2) is 11.2 Å². The minimum atomic E-state index is -0.460. The molecule has 0 atom stereocenters. The Hall–Kier alpha value is -1.85. The van der Waals surface area contributed by atoms with E-state index in [4.69, 9.17) is 10.2 Å². The summed E-state index contributed by atoms with van der Waals surface area (Å²) in [5, 5.41) is 0. The van der Waals surface area contributed by atoms with Crippen LogP contribution in [0.3, 0.4) is 0 Å². The Bertz CT molecular complexity index is 525. The predicted octanol–water partition coefficient (Wildman–Crippen LogP) is -0.188. The molecule has 0 radical (unpaired) electrons. The lowest BCUT2D eigenvalue weighted by Crippen LogP contribution is -2.09. The summed E-state index contributed by atoms with van der Waals surface area (Å²) in [5.41, 5.74) is 6.81. The molecule has 0 aliphatic carbocycles. The number of aryl methyl sites for hydroxylation is 2. The minimum Gasteiger partial charge on any atom is -0.404 e. The van der Waals surface area contributed by atoms with Crippen molar-refractivity contribution in [3.63, 3.8) is 0 Å². The lowest BCUT2D eigenvalue weighted by atomic mass is 10.4. The highest BCUT2D eigenvalue weighted by molar-refractivity contribution is 5.71. The third kappa shape index (κ3) is 0.986. The normalized spacial score (nSPS) is 10.9. The van der Waals surface area contributed by atoms with Crippen LogP contribution < -0.4 is 11.5 Å². The summed E-state index contributed by atoms with van der Waals surface area (Å²) in [4.78, 5) is 18.9. The molecule has 2 aromatic rings. The van der Waals surface area contributed by atoms with E-state index in [1.54, 1.807) is 14.0 Å². The molecule has 0 spiro atoms. The molecule has 0 saturated carbocycles. The Labute approximate surface area is 73.0 Å². The Morgan fingerprint density at radius 1 is 1.46 bits per heavy atom. The lowest BCUT2D eigenvalue weighted by molar-refractivity contribution is 0.525. The van der Waals surface area contributed by atoms with Crippen molar-refractivity contribution >= 4 is 17.2 Å². The van der Waals surface area contributed by atoms with Crippen molar-refractivity contribution in [2.75, 3.05) is 5.73 Å². The van der Waals surface area contributed by atoms with Crippen molar-refractivity contribution < 1.29 is 4.42 Å². The van der Waals surface area contributed by atoms with Gasteiger partial charge in [-0.15, -0.1) is 0 Å². The average Bonchev–Trinajstić information content (AvgIpc) is 2.32. The number of nitrogens with two attached hydrogens (primary N) is 1. The van der Waals surface area contributed by atoms with Crippen molar-refractivity contribution in [1.82, 2.24) is 14.5 Å². The second-order valence-electron chi connectivity index (χ2n) is 2.75. The van der Waals surface area contributed by atoms with Gasteiger partial charge in [0.1, 0.15) is 0 Å². The quantitative estimate of drug-likeness (QED) is 0.607. The molecule has 0 aliphatic heterocycles. The van der Waals surface area contributed by atoms with Gasteiger partial charge in [-0.1, -0.05) is 0 Å². The number of nitrogens with zero attached hydrogens (tertiary/aromatic N) is 3. The molecule has 68 valence electrons. The Morgan fingerprint density at radius 3 is 2.85 bits per heavy atom. The van der Waals surface area contributed by atoms with Crippen LogP contribution in [-0.4, -0.2) is 14.5 Å². The zero-order valence-electron chi connectivity index (χ0n) is 7.24. The second-order valence-corrected chi connectivity index (χ2v) is 2.75. The summed E-state index contributed by atoms with van der Waals surface area (Å²) in [6.45, 7) is 1.71. The van der Waals surface area contributed by atoms with E-state index in [0.717, 1.165) is 0 Å². The van der Waals surface area contributed by atoms with E-state index >= 15 is 0 Å². The smallest absolute Gasteiger partial charge is 0.404 e. The standard InChI is InChI=1S/C7H8N4O2/c1-3-4-5(10-6(8)9-3)11(2)7(12)13-4/h1-2H3,(H2,8,9,10). The molecule has 0 fully saturated rings. The zero-order chi connectivity index (χ0) is 9.59. The lowest BCUT2D eigenvalue weighted by Gasteiger charge is -1.95. The summed E-state index contributed by atoms with van der Waals surface area (Å²) < 4.78 is 6.20. The fourth-order valence-electron chi connectivity index (χ4n) is 1.16. The first-order valence-electron chi connectivity index (χ1n) is 3.69. The van der Waals surface area contributed by atoms with Crippen LogP contribution in [0.1, 0.15) is 5.69 Å². The summed E-state index contributed by atoms with van der Waals surface area (Å²) in [6.07, 6.45) is 0. The molecule has 0 unspecified atom stereocenters. The van der Waals surface area contributed by atoms with E-state index in [2.05, 4.69) is 9.97 Å². The van der Waals surface area contributed by atoms with Crippen LogP contribution in [0.15, 0.2) is 9.21 Å². The summed E-state index contributed by atoms with van der Waals surface area (Å²) >= 11 is 0. The highest BCUT2D eigenvalue weighted by Gasteiger charge is 2.11. The molecule has 2 aromatic heterocycles. The summed E-state index contributed by atoms with van der Waals surface area (Å²) in [6, 6.07) is 0. The van der Waals surface area contributed by atoms with E-state index in [1.165, 1.54) is 4.57 Å². The topological polar surface area (TPSA) is 86.9 Å². The predicted molar refractivity (Wildman–Crippen MR) is 46.2 cm³/mol. The Balaban J connectivity index is 3.03. The van der Waals surface area contributed by atoms with Gasteiger partial charge in [-0.2, -0.15) is 4.98 Å². The molecule has 6 nitrogen and oxygen atoms in total. The van der Waals surface area contributed by atoms with Gasteiger partial charge >= 0.3 is 5.76 Å². The number of anilines is 1. The largest absolute Gasteiger partial charge is 0.420 e. The van der Waals surface area contributed by atoms with Crippen molar-refractivity contribution in [1.29, 1.82) is 0 Å². The molecule has 6 heteroatoms. The SMILES string of the molecule is Cc1nc(N)nc2c1oc(=O)n2C. The number of hydrogen-bond donors (Lipinski definition) is 1. The van der Waals surface area contributed by atoms with Crippen LogP contribution in [0.2, 0.25) is 0 Å². The Morgan fingerprint density at radius 2 is 2.15 bits per heavy atom. The van der Waals surface area contributed by atoms with E-state index in [0.29, 0.717) is 16.9 Å². The molecule has 13 heavy (non-hydrogen) atoms. The summed E-state index contributed by atoms with van der Waals surface area (Å²) in [7, 11) is 1.57. The van der Waals surface area contributed by atoms with Crippen LogP contribution in [0.4, 0.5) is 5.95 Å². The summed E-state index contributed by atoms with van der Waals surface area (Å²) in [5.74, 6) is -0.320. The van der Waals surface area contributed by atoms with E-state index in [-0.39, 0.29) is 5.95 Å². The first-order chi connectivity index (χ1) is 6.09. The highest BCUT2D eigenvalue weighted by Crippen LogP contribution is 2.13. The molecule has 0 aliphatic rings. The van der Waals surface area contributed by atoms with Crippen molar-refractivity contribution in [3.8, 4) is 0 Å². The van der Waals surface area contributed by atoms with Gasteiger partial charge in [-0.3, -0.25) is 4.57 Å². The molecular weight excluding hydrogens is 172 g/mol. The van der Waals surface area contributed by atoms with Gasteiger partial charge in [0.2, 0.25) is 5.95 Å². The van der Waals surface area contributed by atoms with Crippen LogP contribution in [-0.2, 0) is 7.05 Å². The Kier molecular flexibility index (Phi) is 1.39. The number of rotatable bonds is 0. The molecule has 2 heterocycles. The van der Waals surface area contributed by atoms with Crippen molar-refractivity contribution in [2.24, 2.45) is 7.05 Å². The molecule has 0 aromatic carbocycles. The van der Waals surface area contributed by atoms with Crippen LogP contribution in [0.25, 0.3) is 11.2 Å². The molecular formula is C7H8N4O2. The number of nitrogen functional groups attached to an aromatic ring is 1. The van der Waals surface area contributed by atoms with Crippen LogP contribution in [0, 0.1) is 6.92 Å². The van der Waals surface area contributed by atoms with Crippen molar-refractivity contribution in [3.05, 3.63) is 16.2 Å². The van der Waals surface area contributed by atoms with Crippen molar-refractivity contribution in [2.45, 2.75) is 6.92 Å². The van der Waals surface area contributed by atoms with E-state index in [1.807, 2.05) is 0 Å². The van der Waals surface area contributed by atoms with Gasteiger partial charge in [-0.05, 0) is 6.92 Å². The fourth-order valence-corrected chi connectivity index (χ4v) is 1.16. The third-order valence-electron chi connectivity index (χ3n) is 1.82. The molecule has 0 amide bonds. The number of aromatic nitrogens is 3. The van der Waals surface area contributed by atoms with Gasteiger partial charge in [0, 0.05) is 7.05 Å². The van der Waals surface area contributed by atoms with E-state index in [9.17, 15) is 4.79 Å². The maximum atomic E-state index is 11.1. The molecule has 0 bridgehead atoms. The maximum Gasteiger partial charge on any atom is 0.420 e. The monoisotopic (exact) mass is 180 g/mol. The fraction of sp³-hybridized carbons (Fsp3) is 0.286. The second kappa shape index (κ2) is 2.32. The third-order valence-corrected chi connectivity index (χ3v) is 1.82. The van der Waals surface area contributed by atoms with Crippen LogP contribution >= 0.6 is 0 Å². The number of oxazole rings is 1. The first-order valence-corrected chi connectivity index (χ1v) is 3.69. The number of fused-ring (bicyclic) bond motifs is 1. The zero-order valence-corrected chi connectivity index (χ0v) is 7.24. The first kappa shape index (κ1) is 7.78. The van der Waals surface area contributed by atoms with E-state index < -0.39 is 5.76 Å². The maximum absolute atomic E-state index is 11.1. The van der Waals surface area contributed by atoms with Gasteiger partial charge in [0.25, 0.3) is 0 Å². The van der Waals surface area contributed by atoms with Gasteiger partial charge in [-0.25, -0.2) is 9.78 Å². The minimum absolute atomic E-state index is 0.140. The molecule has 2 N–H and O–H groups in total. The highest BCUT2D eigenvalue weighted by atomic mass is 16.4. The average molecular weight is 180 g/mol. The molecule has 0 saturated heterocycles. The van der Waals surface area contributed by atoms with Gasteiger partial charge in [0.05, 0.1) is 5.69 Å². The van der Waals surface area contributed by atoms with Gasteiger partial charge < -0.3 is 10.2 Å². The molecule has 2 rings (SSSR count).